The molecule has 0 fully saturated rings. The summed E-state index contributed by atoms with van der Waals surface area (Å²) in [4.78, 5) is 0. The van der Waals surface area contributed by atoms with Crippen LogP contribution < -0.4 is 9.47 Å². The third-order valence-corrected chi connectivity index (χ3v) is 3.68. The van der Waals surface area contributed by atoms with Crippen LogP contribution in [0.5, 0.6) is 11.5 Å². The molecule has 0 N–H and O–H groups in total. The molecule has 0 heterocycles. The van der Waals surface area contributed by atoms with Gasteiger partial charge in [0.25, 0.3) is 0 Å². The van der Waals surface area contributed by atoms with Crippen LogP contribution in [-0.4, -0.2) is 92.5 Å². The van der Waals surface area contributed by atoms with E-state index in [0.717, 1.165) is 0 Å². The molecular weight excluding hydrogens is 416 g/mol. The molecule has 0 aliphatic rings. The zero-order valence-electron chi connectivity index (χ0n) is 18.6. The average molecular weight is 451 g/mol. The van der Waals surface area contributed by atoms with Gasteiger partial charge in [-0.1, -0.05) is 24.0 Å². The van der Waals surface area contributed by atoms with E-state index in [1.54, 1.807) is 0 Å². The first kappa shape index (κ1) is 27.7. The molecule has 8 nitrogen and oxygen atoms in total. The summed E-state index contributed by atoms with van der Waals surface area (Å²) in [6.45, 7) is 6.19. The van der Waals surface area contributed by atoms with Crippen molar-refractivity contribution in [2.24, 2.45) is 0 Å². The Bertz CT molecular complexity index is 583. The predicted molar refractivity (Wildman–Crippen MR) is 120 cm³/mol. The largest absolute Gasteiger partial charge is 0.487 e. The fraction of sp³-hybridized carbons (Fsp3) is 0.583. The second kappa shape index (κ2) is 21.9. The molecule has 32 heavy (non-hydrogen) atoms. The highest BCUT2D eigenvalue weighted by atomic mass is 16.6. The molecule has 0 saturated heterocycles. The van der Waals surface area contributed by atoms with Gasteiger partial charge in [-0.3, -0.25) is 0 Å². The Balaban J connectivity index is 2.00. The molecule has 1 aromatic carbocycles. The maximum Gasteiger partial charge on any atom is 0.161 e. The third kappa shape index (κ3) is 16.4. The van der Waals surface area contributed by atoms with Crippen molar-refractivity contribution in [3.05, 3.63) is 24.3 Å². The van der Waals surface area contributed by atoms with Crippen molar-refractivity contribution >= 4 is 0 Å². The smallest absolute Gasteiger partial charge is 0.161 e. The first-order valence-electron chi connectivity index (χ1n) is 10.6. The highest BCUT2D eigenvalue weighted by Crippen LogP contribution is 2.26. The summed E-state index contributed by atoms with van der Waals surface area (Å²) in [6, 6.07) is 7.48. The third-order valence-electron chi connectivity index (χ3n) is 3.68. The number of hydrogen-bond donors (Lipinski definition) is 0. The second-order valence-corrected chi connectivity index (χ2v) is 6.11. The van der Waals surface area contributed by atoms with Gasteiger partial charge in [0, 0.05) is 0 Å². The van der Waals surface area contributed by atoms with Gasteiger partial charge in [0.1, 0.15) is 26.4 Å². The number of ether oxygens (including phenoxy) is 8. The second-order valence-electron chi connectivity index (χ2n) is 6.11. The van der Waals surface area contributed by atoms with Gasteiger partial charge in [0.15, 0.2) is 11.5 Å². The summed E-state index contributed by atoms with van der Waals surface area (Å²) in [7, 11) is 0. The monoisotopic (exact) mass is 450 g/mol. The minimum atomic E-state index is 0.301. The first-order valence-corrected chi connectivity index (χ1v) is 10.6. The van der Waals surface area contributed by atoms with Crippen LogP contribution >= 0.6 is 0 Å². The first-order chi connectivity index (χ1) is 15.9. The van der Waals surface area contributed by atoms with E-state index < -0.39 is 0 Å². The lowest BCUT2D eigenvalue weighted by Gasteiger charge is -2.13. The summed E-state index contributed by atoms with van der Waals surface area (Å²) in [5.74, 6) is 6.11. The lowest BCUT2D eigenvalue weighted by atomic mass is 10.3. The Morgan fingerprint density at radius 1 is 0.469 bits per heavy atom. The van der Waals surface area contributed by atoms with Crippen molar-refractivity contribution in [2.75, 3.05) is 92.5 Å². The minimum Gasteiger partial charge on any atom is -0.487 e. The fourth-order valence-electron chi connectivity index (χ4n) is 2.25. The molecule has 0 amide bonds. The van der Waals surface area contributed by atoms with Gasteiger partial charge in [0.2, 0.25) is 0 Å². The molecule has 0 saturated carbocycles. The van der Waals surface area contributed by atoms with Gasteiger partial charge in [-0.05, 0) is 12.1 Å². The standard InChI is InChI=1S/C24H34O8/c1-3-9-25-11-13-27-15-17-29-19-21-31-23-7-5-6-8-24(23)32-22-20-30-18-16-28-14-12-26-10-4-2/h1-2,5-8H,9-22H2. The SMILES string of the molecule is C#CCOCCOCCOCCOc1ccccc1OCCOCCOCCOCC#C. The van der Waals surface area contributed by atoms with Crippen molar-refractivity contribution in [3.63, 3.8) is 0 Å². The van der Waals surface area contributed by atoms with E-state index in [1.165, 1.54) is 0 Å². The van der Waals surface area contributed by atoms with Crippen molar-refractivity contribution in [1.82, 2.24) is 0 Å². The normalized spacial score (nSPS) is 10.4. The van der Waals surface area contributed by atoms with Crippen LogP contribution in [0.2, 0.25) is 0 Å². The van der Waals surface area contributed by atoms with Gasteiger partial charge in [0.05, 0.1) is 66.1 Å². The van der Waals surface area contributed by atoms with Gasteiger partial charge >= 0.3 is 0 Å². The number of terminal acetylenes is 2. The van der Waals surface area contributed by atoms with E-state index in [0.29, 0.717) is 104 Å². The number of para-hydroxylation sites is 2. The van der Waals surface area contributed by atoms with Crippen molar-refractivity contribution in [3.8, 4) is 36.2 Å². The van der Waals surface area contributed by atoms with E-state index in [2.05, 4.69) is 11.8 Å². The quantitative estimate of drug-likeness (QED) is 0.196. The Kier molecular flexibility index (Phi) is 19.0. The number of rotatable bonds is 22. The summed E-state index contributed by atoms with van der Waals surface area (Å²) in [5.41, 5.74) is 0. The Morgan fingerprint density at radius 2 is 0.781 bits per heavy atom. The Hall–Kier alpha value is -2.30. The lowest BCUT2D eigenvalue weighted by Crippen LogP contribution is -2.14. The van der Waals surface area contributed by atoms with Crippen molar-refractivity contribution in [1.29, 1.82) is 0 Å². The van der Waals surface area contributed by atoms with Crippen LogP contribution in [0.4, 0.5) is 0 Å². The molecule has 0 aromatic heterocycles. The molecule has 1 aromatic rings. The summed E-state index contributed by atoms with van der Waals surface area (Å²) >= 11 is 0. The maximum absolute atomic E-state index is 5.75. The maximum atomic E-state index is 5.75. The molecule has 0 bridgehead atoms. The van der Waals surface area contributed by atoms with Crippen LogP contribution in [0.3, 0.4) is 0 Å². The van der Waals surface area contributed by atoms with Crippen LogP contribution in [0, 0.1) is 24.7 Å². The zero-order chi connectivity index (χ0) is 23.0. The van der Waals surface area contributed by atoms with Crippen LogP contribution in [-0.2, 0) is 28.4 Å². The van der Waals surface area contributed by atoms with Crippen LogP contribution in [0.25, 0.3) is 0 Å². The van der Waals surface area contributed by atoms with E-state index in [-0.39, 0.29) is 0 Å². The number of benzene rings is 1. The Morgan fingerprint density at radius 3 is 1.12 bits per heavy atom. The highest BCUT2D eigenvalue weighted by Gasteiger charge is 2.04. The minimum absolute atomic E-state index is 0.301. The van der Waals surface area contributed by atoms with Crippen molar-refractivity contribution in [2.45, 2.75) is 0 Å². The van der Waals surface area contributed by atoms with Gasteiger partial charge < -0.3 is 37.9 Å². The average Bonchev–Trinajstić information content (AvgIpc) is 2.81. The molecule has 0 atom stereocenters. The van der Waals surface area contributed by atoms with Gasteiger partial charge in [-0.15, -0.1) is 12.8 Å². The van der Waals surface area contributed by atoms with E-state index in [9.17, 15) is 0 Å². The molecule has 8 heteroatoms. The van der Waals surface area contributed by atoms with E-state index >= 15 is 0 Å². The zero-order valence-corrected chi connectivity index (χ0v) is 18.6. The molecule has 0 unspecified atom stereocenters. The molecule has 0 aliphatic carbocycles. The highest BCUT2D eigenvalue weighted by molar-refractivity contribution is 5.39. The predicted octanol–water partition coefficient (Wildman–Crippen LogP) is 1.81. The molecule has 0 aliphatic heterocycles. The van der Waals surface area contributed by atoms with Crippen LogP contribution in [0.15, 0.2) is 24.3 Å². The van der Waals surface area contributed by atoms with Crippen molar-refractivity contribution < 1.29 is 37.9 Å². The topological polar surface area (TPSA) is 73.8 Å². The summed E-state index contributed by atoms with van der Waals surface area (Å²) in [5, 5.41) is 0. The molecule has 0 radical (unpaired) electrons. The fourth-order valence-corrected chi connectivity index (χ4v) is 2.25. The molecule has 178 valence electrons. The Labute approximate surface area is 191 Å². The van der Waals surface area contributed by atoms with Gasteiger partial charge in [-0.2, -0.15) is 0 Å². The summed E-state index contributed by atoms with van der Waals surface area (Å²) < 4.78 is 43.4. The number of hydrogen-bond acceptors (Lipinski definition) is 8. The summed E-state index contributed by atoms with van der Waals surface area (Å²) in [6.07, 6.45) is 10.2. The lowest BCUT2D eigenvalue weighted by molar-refractivity contribution is 0.0124. The van der Waals surface area contributed by atoms with Gasteiger partial charge in [-0.25, -0.2) is 0 Å². The van der Waals surface area contributed by atoms with E-state index in [1.807, 2.05) is 24.3 Å². The molecule has 0 spiro atoms. The van der Waals surface area contributed by atoms with Crippen LogP contribution in [0.1, 0.15) is 0 Å². The molecular formula is C24H34O8. The van der Waals surface area contributed by atoms with E-state index in [4.69, 9.17) is 50.7 Å². The molecule has 1 rings (SSSR count).